The van der Waals surface area contributed by atoms with Crippen molar-refractivity contribution in [3.8, 4) is 17.2 Å². The minimum Gasteiger partial charge on any atom is -0.378 e. The summed E-state index contributed by atoms with van der Waals surface area (Å²) in [6.07, 6.45) is 1.81. The normalized spacial score (nSPS) is 14.6. The number of thiophene rings is 1. The van der Waals surface area contributed by atoms with Gasteiger partial charge in [0.15, 0.2) is 0 Å². The van der Waals surface area contributed by atoms with Crippen LogP contribution in [0.2, 0.25) is 0 Å². The number of nitrogens with one attached hydrogen (secondary N) is 1. The largest absolute Gasteiger partial charge is 0.378 e. The van der Waals surface area contributed by atoms with Crippen LogP contribution in [0.1, 0.15) is 5.56 Å². The van der Waals surface area contributed by atoms with Crippen LogP contribution < -0.4 is 10.2 Å². The molecule has 184 valence electrons. The lowest BCUT2D eigenvalue weighted by Gasteiger charge is -2.28. The van der Waals surface area contributed by atoms with Crippen molar-refractivity contribution >= 4 is 50.1 Å². The molecule has 1 aliphatic rings. The Bertz CT molecular complexity index is 1410. The molecule has 1 saturated heterocycles. The van der Waals surface area contributed by atoms with Gasteiger partial charge < -0.3 is 15.0 Å². The van der Waals surface area contributed by atoms with Gasteiger partial charge in [-0.3, -0.25) is 4.55 Å². The van der Waals surface area contributed by atoms with E-state index in [1.165, 1.54) is 9.99 Å². The summed E-state index contributed by atoms with van der Waals surface area (Å²) >= 11 is -0.656. The van der Waals surface area contributed by atoms with Crippen molar-refractivity contribution in [2.45, 2.75) is 6.54 Å². The number of benzene rings is 2. The Morgan fingerprint density at radius 3 is 2.78 bits per heavy atom. The Kier molecular flexibility index (Phi) is 7.50. The lowest BCUT2D eigenvalue weighted by molar-refractivity contribution is 0.122. The molecule has 0 amide bonds. The summed E-state index contributed by atoms with van der Waals surface area (Å²) < 4.78 is 28.6. The van der Waals surface area contributed by atoms with E-state index in [9.17, 15) is 8.76 Å². The van der Waals surface area contributed by atoms with E-state index in [4.69, 9.17) is 15.0 Å². The van der Waals surface area contributed by atoms with Crippen LogP contribution in [0, 0.1) is 11.3 Å². The van der Waals surface area contributed by atoms with E-state index in [0.29, 0.717) is 5.95 Å². The van der Waals surface area contributed by atoms with Crippen molar-refractivity contribution in [3.63, 3.8) is 0 Å². The number of hydrogen-bond donors (Lipinski definition) is 2. The SMILES string of the molecule is N#CCN(Cc1cccc(-c2csc3cnc(Nc4ccc(N5CCOCC5)cc4)nc23)c1)S(=O)O. The molecule has 0 bridgehead atoms. The first-order valence-corrected chi connectivity index (χ1v) is 13.3. The molecule has 0 aliphatic carbocycles. The van der Waals surface area contributed by atoms with Gasteiger partial charge in [0, 0.05) is 42.0 Å². The monoisotopic (exact) mass is 520 g/mol. The van der Waals surface area contributed by atoms with Crippen LogP contribution in [0.15, 0.2) is 60.1 Å². The Labute approximate surface area is 215 Å². The Hall–Kier alpha value is -3.40. The summed E-state index contributed by atoms with van der Waals surface area (Å²) in [7, 11) is 0. The van der Waals surface area contributed by atoms with Gasteiger partial charge in [-0.2, -0.15) is 9.57 Å². The molecule has 1 fully saturated rings. The van der Waals surface area contributed by atoms with Gasteiger partial charge in [-0.25, -0.2) is 14.2 Å². The number of ether oxygens (including phenoxy) is 1. The van der Waals surface area contributed by atoms with Gasteiger partial charge in [-0.05, 0) is 41.5 Å². The minimum absolute atomic E-state index is 0.135. The van der Waals surface area contributed by atoms with Crippen LogP contribution in [-0.4, -0.2) is 55.9 Å². The quantitative estimate of drug-likeness (QED) is 0.260. The molecule has 2 N–H and O–H groups in total. The van der Waals surface area contributed by atoms with Gasteiger partial charge in [0.1, 0.15) is 6.54 Å². The smallest absolute Gasteiger partial charge is 0.235 e. The summed E-state index contributed by atoms with van der Waals surface area (Å²) in [6.45, 7) is 3.34. The van der Waals surface area contributed by atoms with E-state index in [1.54, 1.807) is 11.3 Å². The Balaban J connectivity index is 1.36. The highest BCUT2D eigenvalue weighted by Gasteiger charge is 2.15. The van der Waals surface area contributed by atoms with E-state index >= 15 is 0 Å². The molecular weight excluding hydrogens is 496 g/mol. The average Bonchev–Trinajstić information content (AvgIpc) is 3.33. The van der Waals surface area contributed by atoms with Gasteiger partial charge in [-0.1, -0.05) is 18.2 Å². The molecule has 11 heteroatoms. The molecule has 0 spiro atoms. The van der Waals surface area contributed by atoms with Crippen molar-refractivity contribution in [2.24, 2.45) is 0 Å². The fourth-order valence-corrected chi connectivity index (χ4v) is 5.39. The maximum Gasteiger partial charge on any atom is 0.235 e. The number of aromatic nitrogens is 2. The second-order valence-electron chi connectivity index (χ2n) is 8.21. The van der Waals surface area contributed by atoms with Gasteiger partial charge in [-0.15, -0.1) is 11.3 Å². The summed E-state index contributed by atoms with van der Waals surface area (Å²) in [5.41, 5.74) is 5.63. The number of fused-ring (bicyclic) bond motifs is 1. The van der Waals surface area contributed by atoms with Crippen molar-refractivity contribution in [1.29, 1.82) is 5.26 Å². The van der Waals surface area contributed by atoms with Crippen LogP contribution in [0.4, 0.5) is 17.3 Å². The molecule has 0 saturated carbocycles. The van der Waals surface area contributed by atoms with Crippen LogP contribution in [0.3, 0.4) is 0 Å². The van der Waals surface area contributed by atoms with Crippen LogP contribution in [0.5, 0.6) is 0 Å². The number of morpholine rings is 1. The molecule has 2 aromatic heterocycles. The molecule has 36 heavy (non-hydrogen) atoms. The molecular formula is C25H24N6O3S2. The molecule has 1 atom stereocenters. The highest BCUT2D eigenvalue weighted by atomic mass is 32.2. The van der Waals surface area contributed by atoms with Crippen molar-refractivity contribution < 1.29 is 13.5 Å². The standard InChI is InChI=1S/C25H24N6O3S2/c26-8-9-31(36(32)33)16-18-2-1-3-19(14-18)22-17-35-23-15-27-25(29-24(22)23)28-20-4-6-21(7-5-20)30-10-12-34-13-11-30/h1-7,14-15,17H,9-13,16H2,(H,32,33)(H,27,28,29). The summed E-state index contributed by atoms with van der Waals surface area (Å²) in [4.78, 5) is 11.6. The van der Waals surface area contributed by atoms with Gasteiger partial charge in [0.25, 0.3) is 0 Å². The second kappa shape index (κ2) is 11.1. The number of rotatable bonds is 8. The van der Waals surface area contributed by atoms with E-state index in [1.807, 2.05) is 54.0 Å². The summed E-state index contributed by atoms with van der Waals surface area (Å²) in [5.74, 6) is 0.508. The maximum atomic E-state index is 11.5. The van der Waals surface area contributed by atoms with E-state index < -0.39 is 11.3 Å². The van der Waals surface area contributed by atoms with Crippen LogP contribution in [0.25, 0.3) is 21.3 Å². The zero-order chi connectivity index (χ0) is 24.9. The topological polar surface area (TPSA) is 115 Å². The molecule has 3 heterocycles. The number of anilines is 3. The molecule has 0 radical (unpaired) electrons. The predicted molar refractivity (Wildman–Crippen MR) is 142 cm³/mol. The third kappa shape index (κ3) is 5.53. The van der Waals surface area contributed by atoms with Crippen molar-refractivity contribution in [3.05, 3.63) is 65.7 Å². The third-order valence-electron chi connectivity index (χ3n) is 5.88. The number of nitrogens with zero attached hydrogens (tertiary/aromatic N) is 5. The average molecular weight is 521 g/mol. The number of hydrogen-bond acceptors (Lipinski definition) is 8. The Morgan fingerprint density at radius 1 is 1.22 bits per heavy atom. The van der Waals surface area contributed by atoms with E-state index in [-0.39, 0.29) is 13.1 Å². The lowest BCUT2D eigenvalue weighted by Crippen LogP contribution is -2.36. The first kappa shape index (κ1) is 24.3. The molecule has 4 aromatic rings. The third-order valence-corrected chi connectivity index (χ3v) is 7.48. The van der Waals surface area contributed by atoms with E-state index in [0.717, 1.165) is 58.9 Å². The van der Waals surface area contributed by atoms with Gasteiger partial charge in [0.2, 0.25) is 17.2 Å². The van der Waals surface area contributed by atoms with E-state index in [2.05, 4.69) is 27.3 Å². The molecule has 9 nitrogen and oxygen atoms in total. The molecule has 5 rings (SSSR count). The van der Waals surface area contributed by atoms with Crippen molar-refractivity contribution in [1.82, 2.24) is 14.3 Å². The van der Waals surface area contributed by atoms with Crippen LogP contribution in [-0.2, 0) is 22.5 Å². The lowest BCUT2D eigenvalue weighted by atomic mass is 10.0. The molecule has 1 unspecified atom stereocenters. The predicted octanol–water partition coefficient (Wildman–Crippen LogP) is 4.40. The zero-order valence-electron chi connectivity index (χ0n) is 19.3. The molecule has 2 aromatic carbocycles. The number of nitriles is 1. The Morgan fingerprint density at radius 2 is 2.03 bits per heavy atom. The first-order chi connectivity index (χ1) is 17.6. The maximum absolute atomic E-state index is 11.5. The van der Waals surface area contributed by atoms with Gasteiger partial charge in [0.05, 0.1) is 35.7 Å². The zero-order valence-corrected chi connectivity index (χ0v) is 21.0. The van der Waals surface area contributed by atoms with Crippen LogP contribution >= 0.6 is 11.3 Å². The fraction of sp³-hybridized carbons (Fsp3) is 0.240. The summed E-state index contributed by atoms with van der Waals surface area (Å²) in [6, 6.07) is 17.9. The fourth-order valence-electron chi connectivity index (χ4n) is 4.09. The highest BCUT2D eigenvalue weighted by Crippen LogP contribution is 2.34. The second-order valence-corrected chi connectivity index (χ2v) is 10.1. The molecule has 1 aliphatic heterocycles. The minimum atomic E-state index is -2.22. The summed E-state index contributed by atoms with van der Waals surface area (Å²) in [5, 5.41) is 14.3. The van der Waals surface area contributed by atoms with Gasteiger partial charge >= 0.3 is 0 Å². The first-order valence-electron chi connectivity index (χ1n) is 11.4. The highest BCUT2D eigenvalue weighted by molar-refractivity contribution is 7.76. The van der Waals surface area contributed by atoms with Crippen molar-refractivity contribution in [2.75, 3.05) is 43.1 Å².